The van der Waals surface area contributed by atoms with Crippen LogP contribution in [0, 0.1) is 17.1 Å². The maximum absolute atomic E-state index is 13.9. The molecule has 3 aromatic carbocycles. The molecule has 30 heavy (non-hydrogen) atoms. The van der Waals surface area contributed by atoms with Gasteiger partial charge in [0.05, 0.1) is 22.8 Å². The highest BCUT2D eigenvalue weighted by atomic mass is 19.4. The number of halogens is 4. The minimum atomic E-state index is -4.49. The van der Waals surface area contributed by atoms with Crippen molar-refractivity contribution in [3.8, 4) is 11.8 Å². The van der Waals surface area contributed by atoms with Crippen molar-refractivity contribution in [2.45, 2.75) is 6.18 Å². The lowest BCUT2D eigenvalue weighted by Crippen LogP contribution is -2.10. The Labute approximate surface area is 169 Å². The molecule has 0 fully saturated rings. The van der Waals surface area contributed by atoms with Gasteiger partial charge in [0.15, 0.2) is 0 Å². The number of carbonyl (C=O) groups excluding carboxylic acids is 1. The zero-order valence-corrected chi connectivity index (χ0v) is 15.3. The van der Waals surface area contributed by atoms with Gasteiger partial charge in [-0.1, -0.05) is 30.3 Å². The number of nitrogens with zero attached hydrogens (tertiary/aromatic N) is 1. The lowest BCUT2D eigenvalue weighted by molar-refractivity contribution is -0.137. The van der Waals surface area contributed by atoms with Gasteiger partial charge in [0, 0.05) is 5.56 Å². The Morgan fingerprint density at radius 1 is 0.933 bits per heavy atom. The summed E-state index contributed by atoms with van der Waals surface area (Å²) < 4.78 is 56.8. The lowest BCUT2D eigenvalue weighted by atomic mass is 10.0. The summed E-state index contributed by atoms with van der Waals surface area (Å²) in [6.07, 6.45) is -3.00. The average molecular weight is 411 g/mol. The predicted molar refractivity (Wildman–Crippen MR) is 103 cm³/mol. The summed E-state index contributed by atoms with van der Waals surface area (Å²) in [5.74, 6) is -1.16. The van der Waals surface area contributed by atoms with Crippen LogP contribution in [0.15, 0.2) is 72.8 Å². The number of benzene rings is 3. The van der Waals surface area contributed by atoms with E-state index in [4.69, 9.17) is 4.74 Å². The highest BCUT2D eigenvalue weighted by Gasteiger charge is 2.30. The van der Waals surface area contributed by atoms with Crippen LogP contribution in [0.3, 0.4) is 0 Å². The maximum Gasteiger partial charge on any atom is 0.416 e. The van der Waals surface area contributed by atoms with Crippen molar-refractivity contribution in [2.24, 2.45) is 0 Å². The quantitative estimate of drug-likeness (QED) is 0.171. The Balaban J connectivity index is 1.73. The second kappa shape index (κ2) is 8.62. The molecule has 150 valence electrons. The third-order valence-electron chi connectivity index (χ3n) is 4.13. The Morgan fingerprint density at radius 2 is 1.57 bits per heavy atom. The molecule has 0 N–H and O–H groups in total. The number of ether oxygens (including phenoxy) is 1. The van der Waals surface area contributed by atoms with Crippen molar-refractivity contribution in [1.29, 1.82) is 5.26 Å². The summed E-state index contributed by atoms with van der Waals surface area (Å²) in [5, 5.41) is 9.31. The first-order valence-electron chi connectivity index (χ1n) is 8.64. The van der Waals surface area contributed by atoms with Gasteiger partial charge < -0.3 is 4.74 Å². The molecule has 3 nitrogen and oxygen atoms in total. The topological polar surface area (TPSA) is 50.1 Å². The zero-order chi connectivity index (χ0) is 21.7. The standard InChI is InChI=1S/C23H13F4NO2/c24-21-4-2-1-3-20(21)17(14-28)13-15-5-11-19(12-6-15)30-22(29)16-7-9-18(10-8-16)23(25,26)27/h1-13H/b17-13-. The average Bonchev–Trinajstić information content (AvgIpc) is 2.73. The van der Waals surface area contributed by atoms with Gasteiger partial charge in [-0.25, -0.2) is 9.18 Å². The van der Waals surface area contributed by atoms with Crippen molar-refractivity contribution in [3.63, 3.8) is 0 Å². The molecule has 0 aliphatic rings. The summed E-state index contributed by atoms with van der Waals surface area (Å²) in [6, 6.07) is 17.6. The Kier molecular flexibility index (Phi) is 5.98. The largest absolute Gasteiger partial charge is 0.423 e. The number of nitriles is 1. The predicted octanol–water partition coefficient (Wildman–Crippen LogP) is 6.13. The van der Waals surface area contributed by atoms with Crippen LogP contribution in [0.5, 0.6) is 5.75 Å². The second-order valence-corrected chi connectivity index (χ2v) is 6.18. The van der Waals surface area contributed by atoms with Gasteiger partial charge in [0.25, 0.3) is 0 Å². The van der Waals surface area contributed by atoms with Crippen molar-refractivity contribution in [1.82, 2.24) is 0 Å². The first kappa shape index (κ1) is 20.8. The summed E-state index contributed by atoms with van der Waals surface area (Å²) in [5.41, 5.74) is -0.0267. The van der Waals surface area contributed by atoms with E-state index in [1.807, 2.05) is 6.07 Å². The number of allylic oxidation sites excluding steroid dienone is 1. The summed E-state index contributed by atoms with van der Waals surface area (Å²) >= 11 is 0. The molecule has 0 aliphatic carbocycles. The molecular weight excluding hydrogens is 398 g/mol. The molecule has 0 aliphatic heterocycles. The smallest absolute Gasteiger partial charge is 0.416 e. The molecule has 0 radical (unpaired) electrons. The SMILES string of the molecule is N#C/C(=C/c1ccc(OC(=O)c2ccc(C(F)(F)F)cc2)cc1)c1ccccc1F. The normalized spacial score (nSPS) is 11.6. The van der Waals surface area contributed by atoms with Gasteiger partial charge in [-0.2, -0.15) is 18.4 Å². The summed E-state index contributed by atoms with van der Waals surface area (Å²) in [7, 11) is 0. The summed E-state index contributed by atoms with van der Waals surface area (Å²) in [4.78, 5) is 12.1. The van der Waals surface area contributed by atoms with Crippen LogP contribution >= 0.6 is 0 Å². The molecule has 3 aromatic rings. The van der Waals surface area contributed by atoms with Gasteiger partial charge >= 0.3 is 12.1 Å². The van der Waals surface area contributed by atoms with Crippen molar-refractivity contribution in [3.05, 3.63) is 101 Å². The lowest BCUT2D eigenvalue weighted by Gasteiger charge is -2.08. The van der Waals surface area contributed by atoms with Gasteiger partial charge in [-0.05, 0) is 54.1 Å². The molecule has 0 heterocycles. The highest BCUT2D eigenvalue weighted by molar-refractivity contribution is 5.91. The minimum absolute atomic E-state index is 0.0294. The van der Waals surface area contributed by atoms with Gasteiger partial charge in [0.2, 0.25) is 0 Å². The first-order valence-corrected chi connectivity index (χ1v) is 8.64. The molecule has 0 saturated carbocycles. The molecule has 0 aromatic heterocycles. The maximum atomic E-state index is 13.9. The van der Waals surface area contributed by atoms with Crippen LogP contribution in [-0.4, -0.2) is 5.97 Å². The third kappa shape index (κ3) is 4.92. The number of esters is 1. The van der Waals surface area contributed by atoms with Gasteiger partial charge in [0.1, 0.15) is 11.6 Å². The van der Waals surface area contributed by atoms with Crippen LogP contribution in [-0.2, 0) is 6.18 Å². The fourth-order valence-electron chi connectivity index (χ4n) is 2.61. The number of hydrogen-bond donors (Lipinski definition) is 0. The molecule has 0 bridgehead atoms. The van der Waals surface area contributed by atoms with E-state index in [0.29, 0.717) is 5.56 Å². The number of alkyl halides is 3. The van der Waals surface area contributed by atoms with Crippen molar-refractivity contribution >= 4 is 17.6 Å². The molecule has 0 amide bonds. The van der Waals surface area contributed by atoms with E-state index in [9.17, 15) is 27.6 Å². The van der Waals surface area contributed by atoms with Crippen LogP contribution in [0.4, 0.5) is 17.6 Å². The van der Waals surface area contributed by atoms with Crippen LogP contribution in [0.1, 0.15) is 27.0 Å². The Morgan fingerprint density at radius 3 is 2.13 bits per heavy atom. The van der Waals surface area contributed by atoms with Crippen LogP contribution in [0.2, 0.25) is 0 Å². The van der Waals surface area contributed by atoms with E-state index in [-0.39, 0.29) is 22.4 Å². The molecule has 7 heteroatoms. The van der Waals surface area contributed by atoms with Crippen LogP contribution in [0.25, 0.3) is 11.6 Å². The third-order valence-corrected chi connectivity index (χ3v) is 4.13. The first-order chi connectivity index (χ1) is 14.3. The zero-order valence-electron chi connectivity index (χ0n) is 15.3. The monoisotopic (exact) mass is 411 g/mol. The van der Waals surface area contributed by atoms with Crippen molar-refractivity contribution in [2.75, 3.05) is 0 Å². The molecule has 0 saturated heterocycles. The van der Waals surface area contributed by atoms with Gasteiger partial charge in [-0.15, -0.1) is 0 Å². The molecular formula is C23H13F4NO2. The fraction of sp³-hybridized carbons (Fsp3) is 0.0435. The van der Waals surface area contributed by atoms with E-state index < -0.39 is 23.5 Å². The van der Waals surface area contributed by atoms with E-state index >= 15 is 0 Å². The summed E-state index contributed by atoms with van der Waals surface area (Å²) in [6.45, 7) is 0. The van der Waals surface area contributed by atoms with E-state index in [2.05, 4.69) is 0 Å². The van der Waals surface area contributed by atoms with E-state index in [1.165, 1.54) is 36.4 Å². The fourth-order valence-corrected chi connectivity index (χ4v) is 2.61. The Hall–Kier alpha value is -3.92. The van der Waals surface area contributed by atoms with Crippen LogP contribution < -0.4 is 4.74 Å². The molecule has 0 atom stereocenters. The number of rotatable bonds is 4. The van der Waals surface area contributed by atoms with Crippen molar-refractivity contribution < 1.29 is 27.1 Å². The molecule has 3 rings (SSSR count). The molecule has 0 spiro atoms. The van der Waals surface area contributed by atoms with E-state index in [0.717, 1.165) is 24.3 Å². The minimum Gasteiger partial charge on any atom is -0.423 e. The molecule has 0 unspecified atom stereocenters. The highest BCUT2D eigenvalue weighted by Crippen LogP contribution is 2.29. The number of hydrogen-bond acceptors (Lipinski definition) is 3. The Bertz CT molecular complexity index is 1130. The van der Waals surface area contributed by atoms with E-state index in [1.54, 1.807) is 18.2 Å². The van der Waals surface area contributed by atoms with Gasteiger partial charge in [-0.3, -0.25) is 0 Å². The number of carbonyl (C=O) groups is 1. The second-order valence-electron chi connectivity index (χ2n) is 6.18.